The summed E-state index contributed by atoms with van der Waals surface area (Å²) in [6.45, 7) is 13.1. The van der Waals surface area contributed by atoms with Gasteiger partial charge in [0.2, 0.25) is 0 Å². The van der Waals surface area contributed by atoms with E-state index in [-0.39, 0.29) is 5.60 Å². The van der Waals surface area contributed by atoms with E-state index in [9.17, 15) is 0 Å². The Morgan fingerprint density at radius 3 is 2.88 bits per heavy atom. The zero-order chi connectivity index (χ0) is 18.5. The van der Waals surface area contributed by atoms with Crippen molar-refractivity contribution < 1.29 is 4.74 Å². The highest BCUT2D eigenvalue weighted by Crippen LogP contribution is 2.39. The van der Waals surface area contributed by atoms with Gasteiger partial charge in [0.05, 0.1) is 24.1 Å². The fraction of sp³-hybridized carbons (Fsp3) is 0.632. The Kier molecular flexibility index (Phi) is 4.49. The molecule has 1 N–H and O–H groups in total. The van der Waals surface area contributed by atoms with Crippen LogP contribution in [0.2, 0.25) is 0 Å². The Morgan fingerprint density at radius 2 is 2.12 bits per heavy atom. The zero-order valence-electron chi connectivity index (χ0n) is 16.2. The van der Waals surface area contributed by atoms with E-state index >= 15 is 0 Å². The first-order valence-electron chi connectivity index (χ1n) is 9.35. The van der Waals surface area contributed by atoms with Crippen molar-refractivity contribution in [2.24, 2.45) is 5.92 Å². The smallest absolute Gasteiger partial charge is 0.168 e. The highest BCUT2D eigenvalue weighted by molar-refractivity contribution is 7.19. The lowest BCUT2D eigenvalue weighted by atomic mass is 9.94. The van der Waals surface area contributed by atoms with Gasteiger partial charge in [-0.2, -0.15) is 4.52 Å². The molecule has 3 aromatic rings. The van der Waals surface area contributed by atoms with Crippen LogP contribution in [0.15, 0.2) is 0 Å². The molecule has 0 atom stereocenters. The third-order valence-corrected chi connectivity index (χ3v) is 5.99. The summed E-state index contributed by atoms with van der Waals surface area (Å²) in [5.74, 6) is 2.41. The summed E-state index contributed by atoms with van der Waals surface area (Å²) in [6, 6.07) is 0. The number of hydrogen-bond acceptors (Lipinski definition) is 6. The van der Waals surface area contributed by atoms with Crippen molar-refractivity contribution in [3.05, 3.63) is 22.1 Å². The van der Waals surface area contributed by atoms with Crippen LogP contribution in [-0.2, 0) is 24.3 Å². The molecule has 0 unspecified atom stereocenters. The lowest BCUT2D eigenvalue weighted by molar-refractivity contribution is -0.0379. The second-order valence-corrected chi connectivity index (χ2v) is 9.27. The minimum absolute atomic E-state index is 0.149. The summed E-state index contributed by atoms with van der Waals surface area (Å²) in [5.41, 5.74) is 2.12. The largest absolute Gasteiger partial charge is 0.370 e. The molecule has 6 nitrogen and oxygen atoms in total. The molecule has 26 heavy (non-hydrogen) atoms. The number of fused-ring (bicyclic) bond motifs is 5. The van der Waals surface area contributed by atoms with Gasteiger partial charge in [0.15, 0.2) is 11.5 Å². The van der Waals surface area contributed by atoms with Crippen LogP contribution < -0.4 is 5.32 Å². The van der Waals surface area contributed by atoms with E-state index in [0.29, 0.717) is 19.1 Å². The van der Waals surface area contributed by atoms with Gasteiger partial charge < -0.3 is 10.1 Å². The minimum atomic E-state index is -0.149. The van der Waals surface area contributed by atoms with Gasteiger partial charge >= 0.3 is 0 Å². The fourth-order valence-corrected chi connectivity index (χ4v) is 4.59. The number of aromatic nitrogens is 4. The molecule has 0 saturated carbocycles. The Hall–Kier alpha value is -1.57. The summed E-state index contributed by atoms with van der Waals surface area (Å²) < 4.78 is 7.88. The lowest BCUT2D eigenvalue weighted by Crippen LogP contribution is -2.31. The molecule has 0 fully saturated rings. The maximum atomic E-state index is 5.98. The lowest BCUT2D eigenvalue weighted by Gasteiger charge is -2.30. The van der Waals surface area contributed by atoms with E-state index in [0.717, 1.165) is 46.9 Å². The summed E-state index contributed by atoms with van der Waals surface area (Å²) in [4.78, 5) is 12.0. The Morgan fingerprint density at radius 1 is 1.31 bits per heavy atom. The molecule has 4 heterocycles. The number of nitrogens with zero attached hydrogens (tertiary/aromatic N) is 4. The van der Waals surface area contributed by atoms with Crippen molar-refractivity contribution in [3.63, 3.8) is 0 Å². The van der Waals surface area contributed by atoms with Crippen molar-refractivity contribution in [3.8, 4) is 0 Å². The van der Waals surface area contributed by atoms with Crippen LogP contribution in [0.5, 0.6) is 0 Å². The third-order valence-electron chi connectivity index (χ3n) is 4.89. The predicted molar refractivity (Wildman–Crippen MR) is 105 cm³/mol. The first-order chi connectivity index (χ1) is 12.3. The van der Waals surface area contributed by atoms with Crippen LogP contribution in [-0.4, -0.2) is 31.7 Å². The summed E-state index contributed by atoms with van der Waals surface area (Å²) in [5, 5.41) is 9.31. The second-order valence-electron chi connectivity index (χ2n) is 8.19. The second kappa shape index (κ2) is 6.55. The van der Waals surface area contributed by atoms with Crippen LogP contribution in [0.3, 0.4) is 0 Å². The number of thiophene rings is 1. The molecule has 140 valence electrons. The van der Waals surface area contributed by atoms with Gasteiger partial charge in [-0.3, -0.25) is 0 Å². The van der Waals surface area contributed by atoms with E-state index in [2.05, 4.69) is 33.0 Å². The number of nitrogens with one attached hydrogen (secondary N) is 1. The quantitative estimate of drug-likeness (QED) is 0.692. The molecular formula is C19H27N5OS. The maximum absolute atomic E-state index is 5.98. The molecule has 0 amide bonds. The molecular weight excluding hydrogens is 346 g/mol. The SMILES string of the molecule is Cc1nc2sc3c(c2c2nc(CNCCC(C)C)nn12)CC(C)(C)OC3. The monoisotopic (exact) mass is 373 g/mol. The molecule has 0 aromatic carbocycles. The van der Waals surface area contributed by atoms with Crippen LogP contribution in [0, 0.1) is 12.8 Å². The Bertz CT molecular complexity index is 956. The van der Waals surface area contributed by atoms with Gasteiger partial charge in [-0.25, -0.2) is 9.97 Å². The van der Waals surface area contributed by atoms with E-state index in [1.807, 2.05) is 11.4 Å². The van der Waals surface area contributed by atoms with E-state index < -0.39 is 0 Å². The zero-order valence-corrected chi connectivity index (χ0v) is 17.0. The first-order valence-corrected chi connectivity index (χ1v) is 10.2. The molecule has 0 spiro atoms. The van der Waals surface area contributed by atoms with Crippen molar-refractivity contribution in [2.75, 3.05) is 6.54 Å². The van der Waals surface area contributed by atoms with Crippen molar-refractivity contribution in [1.82, 2.24) is 24.9 Å². The molecule has 1 aliphatic rings. The maximum Gasteiger partial charge on any atom is 0.168 e. The first kappa shape index (κ1) is 17.8. The Balaban J connectivity index is 1.73. The Labute approximate surface area is 158 Å². The number of rotatable bonds is 5. The highest BCUT2D eigenvalue weighted by Gasteiger charge is 2.31. The van der Waals surface area contributed by atoms with Gasteiger partial charge in [0.1, 0.15) is 10.7 Å². The molecule has 0 aliphatic carbocycles. The summed E-state index contributed by atoms with van der Waals surface area (Å²) in [7, 11) is 0. The fourth-order valence-electron chi connectivity index (χ4n) is 3.45. The number of hydrogen-bond donors (Lipinski definition) is 1. The average molecular weight is 374 g/mol. The van der Waals surface area contributed by atoms with Crippen LogP contribution in [0.1, 0.15) is 56.2 Å². The molecule has 0 saturated heterocycles. The van der Waals surface area contributed by atoms with E-state index in [4.69, 9.17) is 19.8 Å². The van der Waals surface area contributed by atoms with Gasteiger partial charge in [-0.15, -0.1) is 16.4 Å². The summed E-state index contributed by atoms with van der Waals surface area (Å²) >= 11 is 1.73. The predicted octanol–water partition coefficient (Wildman–Crippen LogP) is 3.63. The van der Waals surface area contributed by atoms with Crippen LogP contribution in [0.4, 0.5) is 0 Å². The van der Waals surface area contributed by atoms with Crippen molar-refractivity contribution >= 4 is 27.2 Å². The van der Waals surface area contributed by atoms with Gasteiger partial charge in [0, 0.05) is 11.3 Å². The van der Waals surface area contributed by atoms with Crippen molar-refractivity contribution in [2.45, 2.75) is 66.2 Å². The topological polar surface area (TPSA) is 64.3 Å². The van der Waals surface area contributed by atoms with Gasteiger partial charge in [-0.1, -0.05) is 13.8 Å². The number of ether oxygens (including phenoxy) is 1. The number of aryl methyl sites for hydroxylation is 1. The van der Waals surface area contributed by atoms with Crippen molar-refractivity contribution in [1.29, 1.82) is 0 Å². The minimum Gasteiger partial charge on any atom is -0.370 e. The van der Waals surface area contributed by atoms with Crippen LogP contribution in [0.25, 0.3) is 15.9 Å². The average Bonchev–Trinajstić information content (AvgIpc) is 3.11. The summed E-state index contributed by atoms with van der Waals surface area (Å²) in [6.07, 6.45) is 2.04. The molecule has 1 aliphatic heterocycles. The molecule has 0 radical (unpaired) electrons. The van der Waals surface area contributed by atoms with E-state index in [1.54, 1.807) is 11.3 Å². The molecule has 0 bridgehead atoms. The third kappa shape index (κ3) is 3.23. The molecule has 3 aromatic heterocycles. The van der Waals surface area contributed by atoms with Gasteiger partial charge in [-0.05, 0) is 45.2 Å². The van der Waals surface area contributed by atoms with Gasteiger partial charge in [0.25, 0.3) is 0 Å². The molecule has 4 rings (SSSR count). The highest BCUT2D eigenvalue weighted by atomic mass is 32.1. The van der Waals surface area contributed by atoms with Crippen LogP contribution >= 0.6 is 11.3 Å². The standard InChI is InChI=1S/C19H27N5OS/c1-11(2)6-7-20-9-15-22-17-16-13-8-19(4,5)25-10-14(13)26-18(16)21-12(3)24(17)23-15/h11,20H,6-10H2,1-5H3. The van der Waals surface area contributed by atoms with E-state index in [1.165, 1.54) is 10.4 Å². The normalized spacial score (nSPS) is 16.7. The molecule has 7 heteroatoms.